The number of hydrogen-bond acceptors (Lipinski definition) is 3. The van der Waals surface area contributed by atoms with Gasteiger partial charge in [0.05, 0.1) is 12.0 Å². The first-order chi connectivity index (χ1) is 11.2. The van der Waals surface area contributed by atoms with Gasteiger partial charge in [-0.2, -0.15) is 5.26 Å². The number of carbonyl (C=O) groups is 2. The fourth-order valence-electron chi connectivity index (χ4n) is 2.18. The molecule has 5 heteroatoms. The third kappa shape index (κ3) is 4.68. The first-order valence-electron chi connectivity index (χ1n) is 7.25. The van der Waals surface area contributed by atoms with Crippen LogP contribution >= 0.6 is 0 Å². The molecule has 2 N–H and O–H groups in total. The van der Waals surface area contributed by atoms with E-state index in [0.717, 1.165) is 5.56 Å². The summed E-state index contributed by atoms with van der Waals surface area (Å²) in [5, 5.41) is 13.9. The third-order valence-electron chi connectivity index (χ3n) is 3.36. The molecule has 0 bridgehead atoms. The van der Waals surface area contributed by atoms with Crippen molar-refractivity contribution in [1.29, 1.82) is 5.26 Å². The minimum absolute atomic E-state index is 0.0607. The summed E-state index contributed by atoms with van der Waals surface area (Å²) in [7, 11) is 0. The summed E-state index contributed by atoms with van der Waals surface area (Å²) in [4.78, 5) is 24.4. The van der Waals surface area contributed by atoms with Crippen molar-refractivity contribution in [3.63, 3.8) is 0 Å². The van der Waals surface area contributed by atoms with Crippen LogP contribution in [0.15, 0.2) is 60.7 Å². The van der Waals surface area contributed by atoms with Gasteiger partial charge in [0.15, 0.2) is 0 Å². The van der Waals surface area contributed by atoms with Gasteiger partial charge < -0.3 is 10.6 Å². The molecule has 0 aliphatic carbocycles. The molecule has 0 spiro atoms. The molecule has 23 heavy (non-hydrogen) atoms. The van der Waals surface area contributed by atoms with Crippen molar-refractivity contribution < 1.29 is 9.59 Å². The van der Waals surface area contributed by atoms with Gasteiger partial charge in [0.25, 0.3) is 5.91 Å². The van der Waals surface area contributed by atoms with Crippen molar-refractivity contribution in [2.75, 3.05) is 13.1 Å². The lowest BCUT2D eigenvalue weighted by Gasteiger charge is -2.17. The Labute approximate surface area is 134 Å². The monoisotopic (exact) mass is 307 g/mol. The van der Waals surface area contributed by atoms with Crippen molar-refractivity contribution in [2.24, 2.45) is 0 Å². The summed E-state index contributed by atoms with van der Waals surface area (Å²) in [6.45, 7) is 0.101. The number of carbonyl (C=O) groups excluding carboxylic acids is 2. The van der Waals surface area contributed by atoms with Crippen LogP contribution in [0.25, 0.3) is 0 Å². The van der Waals surface area contributed by atoms with Crippen molar-refractivity contribution in [2.45, 2.75) is 5.92 Å². The molecule has 1 atom stereocenters. The summed E-state index contributed by atoms with van der Waals surface area (Å²) in [5.41, 5.74) is 1.33. The van der Waals surface area contributed by atoms with Crippen LogP contribution in [0.4, 0.5) is 0 Å². The quantitative estimate of drug-likeness (QED) is 0.799. The van der Waals surface area contributed by atoms with Crippen molar-refractivity contribution in [1.82, 2.24) is 10.6 Å². The predicted octanol–water partition coefficient (Wildman–Crippen LogP) is 1.84. The molecule has 0 radical (unpaired) electrons. The fourth-order valence-corrected chi connectivity index (χ4v) is 2.18. The van der Waals surface area contributed by atoms with Crippen LogP contribution in [0.3, 0.4) is 0 Å². The molecule has 0 heterocycles. The van der Waals surface area contributed by atoms with Gasteiger partial charge in [-0.25, -0.2) is 0 Å². The Hall–Kier alpha value is -3.13. The van der Waals surface area contributed by atoms with Gasteiger partial charge >= 0.3 is 0 Å². The zero-order chi connectivity index (χ0) is 16.5. The normalized spacial score (nSPS) is 11.1. The Balaban J connectivity index is 2.07. The maximum absolute atomic E-state index is 12.2. The van der Waals surface area contributed by atoms with Crippen molar-refractivity contribution in [3.05, 3.63) is 71.8 Å². The standard InChI is InChI=1S/C18H17N3O2/c19-11-12-20-18(23)16(14-7-3-1-4-8-14)13-21-17(22)15-9-5-2-6-10-15/h1-10,16H,12-13H2,(H,20,23)(H,21,22). The molecule has 0 saturated carbocycles. The van der Waals surface area contributed by atoms with Gasteiger partial charge in [0.2, 0.25) is 5.91 Å². The Morgan fingerprint density at radius 2 is 1.57 bits per heavy atom. The number of hydrogen-bond donors (Lipinski definition) is 2. The lowest BCUT2D eigenvalue weighted by Crippen LogP contribution is -2.37. The summed E-state index contributed by atoms with van der Waals surface area (Å²) in [5.74, 6) is -1.07. The van der Waals surface area contributed by atoms with E-state index in [1.54, 1.807) is 24.3 Å². The lowest BCUT2D eigenvalue weighted by molar-refractivity contribution is -0.122. The van der Waals surface area contributed by atoms with Crippen molar-refractivity contribution >= 4 is 11.8 Å². The second-order valence-electron chi connectivity index (χ2n) is 4.92. The molecular weight excluding hydrogens is 290 g/mol. The second-order valence-corrected chi connectivity index (χ2v) is 4.92. The Bertz CT molecular complexity index is 693. The number of benzene rings is 2. The first kappa shape index (κ1) is 16.2. The maximum Gasteiger partial charge on any atom is 0.251 e. The number of amides is 2. The van der Waals surface area contributed by atoms with Crippen LogP contribution in [0, 0.1) is 11.3 Å². The van der Waals surface area contributed by atoms with Crippen LogP contribution in [-0.2, 0) is 4.79 Å². The largest absolute Gasteiger partial charge is 0.351 e. The van der Waals surface area contributed by atoms with Crippen LogP contribution in [0.5, 0.6) is 0 Å². The zero-order valence-electron chi connectivity index (χ0n) is 12.5. The highest BCUT2D eigenvalue weighted by Crippen LogP contribution is 2.15. The summed E-state index contributed by atoms with van der Waals surface area (Å²) < 4.78 is 0. The number of nitriles is 1. The molecule has 0 aliphatic heterocycles. The van der Waals surface area contributed by atoms with Crippen LogP contribution in [0.2, 0.25) is 0 Å². The molecule has 2 rings (SSSR count). The molecule has 2 aromatic carbocycles. The molecule has 2 amide bonds. The highest BCUT2D eigenvalue weighted by molar-refractivity contribution is 5.94. The molecule has 0 fully saturated rings. The summed E-state index contributed by atoms with van der Waals surface area (Å²) in [6, 6.07) is 19.9. The number of rotatable bonds is 6. The third-order valence-corrected chi connectivity index (χ3v) is 3.36. The van der Waals surface area contributed by atoms with E-state index in [2.05, 4.69) is 10.6 Å². The van der Waals surface area contributed by atoms with Crippen LogP contribution < -0.4 is 10.6 Å². The topological polar surface area (TPSA) is 82.0 Å². The number of nitrogens with one attached hydrogen (secondary N) is 2. The van der Waals surface area contributed by atoms with E-state index >= 15 is 0 Å². The average molecular weight is 307 g/mol. The van der Waals surface area contributed by atoms with E-state index in [9.17, 15) is 9.59 Å². The van der Waals surface area contributed by atoms with Gasteiger partial charge in [-0.15, -0.1) is 0 Å². The SMILES string of the molecule is N#CCNC(=O)C(CNC(=O)c1ccccc1)c1ccccc1. The van der Waals surface area contributed by atoms with Crippen LogP contribution in [-0.4, -0.2) is 24.9 Å². The second kappa shape index (κ2) is 8.35. The molecular formula is C18H17N3O2. The molecule has 0 aromatic heterocycles. The van der Waals surface area contributed by atoms with Crippen LogP contribution in [0.1, 0.15) is 21.8 Å². The van der Waals surface area contributed by atoms with Crippen molar-refractivity contribution in [3.8, 4) is 6.07 Å². The van der Waals surface area contributed by atoms with E-state index in [-0.39, 0.29) is 24.9 Å². The zero-order valence-corrected chi connectivity index (χ0v) is 12.5. The Morgan fingerprint density at radius 3 is 2.17 bits per heavy atom. The molecule has 0 saturated heterocycles. The summed E-state index contributed by atoms with van der Waals surface area (Å²) in [6.07, 6.45) is 0. The molecule has 5 nitrogen and oxygen atoms in total. The maximum atomic E-state index is 12.2. The highest BCUT2D eigenvalue weighted by atomic mass is 16.2. The van der Waals surface area contributed by atoms with Gasteiger partial charge in [0, 0.05) is 12.1 Å². The van der Waals surface area contributed by atoms with Gasteiger partial charge in [-0.1, -0.05) is 48.5 Å². The van der Waals surface area contributed by atoms with Gasteiger partial charge in [-0.05, 0) is 17.7 Å². The van der Waals surface area contributed by atoms with E-state index in [1.165, 1.54) is 0 Å². The van der Waals surface area contributed by atoms with Gasteiger partial charge in [0.1, 0.15) is 6.54 Å². The number of nitrogens with zero attached hydrogens (tertiary/aromatic N) is 1. The lowest BCUT2D eigenvalue weighted by atomic mass is 9.98. The highest BCUT2D eigenvalue weighted by Gasteiger charge is 2.21. The Kier molecular flexibility index (Phi) is 5.89. The van der Waals surface area contributed by atoms with E-state index in [0.29, 0.717) is 5.56 Å². The molecule has 2 aromatic rings. The summed E-state index contributed by atoms with van der Waals surface area (Å²) >= 11 is 0. The molecule has 116 valence electrons. The van der Waals surface area contributed by atoms with E-state index < -0.39 is 5.92 Å². The molecule has 0 aliphatic rings. The first-order valence-corrected chi connectivity index (χ1v) is 7.25. The molecule has 1 unspecified atom stereocenters. The predicted molar refractivity (Wildman–Crippen MR) is 86.6 cm³/mol. The fraction of sp³-hybridized carbons (Fsp3) is 0.167. The van der Waals surface area contributed by atoms with E-state index in [1.807, 2.05) is 42.5 Å². The van der Waals surface area contributed by atoms with E-state index in [4.69, 9.17) is 5.26 Å². The Morgan fingerprint density at radius 1 is 0.957 bits per heavy atom. The van der Waals surface area contributed by atoms with Gasteiger partial charge in [-0.3, -0.25) is 9.59 Å². The minimum Gasteiger partial charge on any atom is -0.351 e. The minimum atomic E-state index is -0.544. The average Bonchev–Trinajstić information content (AvgIpc) is 2.61. The smallest absolute Gasteiger partial charge is 0.251 e.